The van der Waals surface area contributed by atoms with Gasteiger partial charge in [0.2, 0.25) is 5.91 Å². The summed E-state index contributed by atoms with van der Waals surface area (Å²) in [6.45, 7) is 0.749. The highest BCUT2D eigenvalue weighted by Crippen LogP contribution is 2.33. The first-order chi connectivity index (χ1) is 4.83. The molecule has 0 unspecified atom stereocenters. The molecular formula is C4H10NO5P. The Hall–Kier alpha value is -0.420. The van der Waals surface area contributed by atoms with Crippen LogP contribution in [0.3, 0.4) is 0 Å². The number of nitrogens with zero attached hydrogens (tertiary/aromatic N) is 1. The fourth-order valence-electron chi connectivity index (χ4n) is 0.382. The van der Waals surface area contributed by atoms with Gasteiger partial charge < -0.3 is 9.79 Å². The topological polar surface area (TPSA) is 98.1 Å². The van der Waals surface area contributed by atoms with Gasteiger partial charge in [-0.3, -0.25) is 14.6 Å². The van der Waals surface area contributed by atoms with Gasteiger partial charge in [-0.15, -0.1) is 0 Å². The first-order valence-electron chi connectivity index (χ1n) is 2.84. The Morgan fingerprint density at radius 2 is 2.00 bits per heavy atom. The number of rotatable bonds is 3. The van der Waals surface area contributed by atoms with Gasteiger partial charge in [0.1, 0.15) is 0 Å². The minimum absolute atomic E-state index is 0.263. The van der Waals surface area contributed by atoms with E-state index >= 15 is 0 Å². The molecule has 0 atom stereocenters. The predicted octanol–water partition coefficient (Wildman–Crippen LogP) is -0.598. The van der Waals surface area contributed by atoms with Gasteiger partial charge in [-0.2, -0.15) is 0 Å². The Balaban J connectivity index is 3.72. The van der Waals surface area contributed by atoms with E-state index in [2.05, 4.69) is 0 Å². The normalized spacial score (nSPS) is 11.3. The van der Waals surface area contributed by atoms with Crippen molar-refractivity contribution in [2.24, 2.45) is 0 Å². The number of carbonyl (C=O) groups excluding carboxylic acids is 1. The molecule has 0 aromatic heterocycles. The molecule has 0 fully saturated rings. The van der Waals surface area contributed by atoms with Gasteiger partial charge in [-0.1, -0.05) is 0 Å². The van der Waals surface area contributed by atoms with Crippen molar-refractivity contribution in [1.82, 2.24) is 5.06 Å². The van der Waals surface area contributed by atoms with Crippen LogP contribution in [-0.4, -0.2) is 38.7 Å². The van der Waals surface area contributed by atoms with E-state index in [1.807, 2.05) is 0 Å². The molecule has 3 N–H and O–H groups in total. The highest BCUT2D eigenvalue weighted by atomic mass is 31.2. The number of amides is 1. The molecule has 11 heavy (non-hydrogen) atoms. The third kappa shape index (κ3) is 6.00. The zero-order valence-corrected chi connectivity index (χ0v) is 6.86. The van der Waals surface area contributed by atoms with Crippen LogP contribution >= 0.6 is 7.60 Å². The van der Waals surface area contributed by atoms with Gasteiger partial charge in [0.05, 0.1) is 12.7 Å². The van der Waals surface area contributed by atoms with Crippen molar-refractivity contribution in [3.8, 4) is 0 Å². The van der Waals surface area contributed by atoms with Crippen LogP contribution in [0.25, 0.3) is 0 Å². The quantitative estimate of drug-likeness (QED) is 0.308. The zero-order chi connectivity index (χ0) is 9.07. The molecule has 1 amide bonds. The monoisotopic (exact) mass is 183 g/mol. The lowest BCUT2D eigenvalue weighted by molar-refractivity contribution is -0.161. The molecule has 0 rings (SSSR count). The van der Waals surface area contributed by atoms with Crippen molar-refractivity contribution < 1.29 is 24.4 Å². The molecule has 7 heteroatoms. The Morgan fingerprint density at radius 1 is 1.55 bits per heavy atom. The van der Waals surface area contributed by atoms with Crippen molar-refractivity contribution >= 4 is 13.5 Å². The number of hydroxylamine groups is 2. The van der Waals surface area contributed by atoms with Crippen LogP contribution in [0.5, 0.6) is 0 Å². The van der Waals surface area contributed by atoms with Gasteiger partial charge in [0.25, 0.3) is 0 Å². The smallest absolute Gasteiger partial charge is 0.324 e. The van der Waals surface area contributed by atoms with Crippen LogP contribution in [0.15, 0.2) is 0 Å². The fourth-order valence-corrected chi connectivity index (χ4v) is 0.832. The number of hydrogen-bond acceptors (Lipinski definition) is 3. The summed E-state index contributed by atoms with van der Waals surface area (Å²) in [5.74, 6) is -0.640. The zero-order valence-electron chi connectivity index (χ0n) is 5.97. The fraction of sp³-hybridized carbons (Fsp3) is 0.750. The lowest BCUT2D eigenvalue weighted by Gasteiger charge is -2.12. The molecule has 0 aliphatic carbocycles. The molecular weight excluding hydrogens is 173 g/mol. The minimum atomic E-state index is -4.11. The van der Waals surface area contributed by atoms with Gasteiger partial charge in [0, 0.05) is 6.92 Å². The van der Waals surface area contributed by atoms with E-state index in [1.54, 1.807) is 0 Å². The average molecular weight is 183 g/mol. The van der Waals surface area contributed by atoms with Crippen LogP contribution in [0.4, 0.5) is 0 Å². The van der Waals surface area contributed by atoms with Crippen LogP contribution in [-0.2, 0) is 9.36 Å². The van der Waals surface area contributed by atoms with Crippen molar-refractivity contribution in [1.29, 1.82) is 0 Å². The highest BCUT2D eigenvalue weighted by molar-refractivity contribution is 7.51. The van der Waals surface area contributed by atoms with Gasteiger partial charge >= 0.3 is 7.60 Å². The average Bonchev–Trinajstić information content (AvgIpc) is 1.80. The second kappa shape index (κ2) is 3.82. The van der Waals surface area contributed by atoms with Crippen LogP contribution in [0.2, 0.25) is 0 Å². The molecule has 0 radical (unpaired) electrons. The van der Waals surface area contributed by atoms with E-state index in [1.165, 1.54) is 0 Å². The molecule has 0 saturated heterocycles. The van der Waals surface area contributed by atoms with Gasteiger partial charge in [-0.25, -0.2) is 5.06 Å². The van der Waals surface area contributed by atoms with Crippen molar-refractivity contribution in [3.05, 3.63) is 0 Å². The lowest BCUT2D eigenvalue weighted by atomic mass is 10.6. The predicted molar refractivity (Wildman–Crippen MR) is 36.1 cm³/mol. The molecule has 0 heterocycles. The van der Waals surface area contributed by atoms with Crippen LogP contribution in [0, 0.1) is 0 Å². The molecule has 66 valence electrons. The Labute approximate surface area is 63.6 Å². The molecule has 0 aliphatic heterocycles. The van der Waals surface area contributed by atoms with Crippen molar-refractivity contribution in [2.45, 2.75) is 6.92 Å². The molecule has 0 bridgehead atoms. The lowest BCUT2D eigenvalue weighted by Crippen LogP contribution is -2.27. The minimum Gasteiger partial charge on any atom is -0.324 e. The van der Waals surface area contributed by atoms with E-state index in [0.717, 1.165) is 6.92 Å². The second-order valence-corrected chi connectivity index (χ2v) is 3.81. The van der Waals surface area contributed by atoms with Crippen molar-refractivity contribution in [3.63, 3.8) is 0 Å². The molecule has 0 saturated carbocycles. The third-order valence-corrected chi connectivity index (χ3v) is 1.75. The summed E-state index contributed by atoms with van der Waals surface area (Å²) in [5, 5.41) is 8.89. The SMILES string of the molecule is CC(=O)N(O)CCP(=O)(O)O. The van der Waals surface area contributed by atoms with E-state index in [0.29, 0.717) is 0 Å². The Morgan fingerprint density at radius 3 is 2.27 bits per heavy atom. The summed E-state index contributed by atoms with van der Waals surface area (Å²) < 4.78 is 10.2. The van der Waals surface area contributed by atoms with E-state index in [-0.39, 0.29) is 11.6 Å². The summed E-state index contributed by atoms with van der Waals surface area (Å²) in [6.07, 6.45) is -0.525. The maximum Gasteiger partial charge on any atom is 0.327 e. The highest BCUT2D eigenvalue weighted by Gasteiger charge is 2.15. The van der Waals surface area contributed by atoms with E-state index < -0.39 is 19.7 Å². The molecule has 0 aromatic carbocycles. The van der Waals surface area contributed by atoms with Crippen LogP contribution in [0.1, 0.15) is 6.92 Å². The number of hydrogen-bond donors (Lipinski definition) is 3. The summed E-state index contributed by atoms with van der Waals surface area (Å²) in [5.41, 5.74) is 0. The van der Waals surface area contributed by atoms with Crippen LogP contribution < -0.4 is 0 Å². The maximum atomic E-state index is 10.3. The van der Waals surface area contributed by atoms with E-state index in [4.69, 9.17) is 15.0 Å². The third-order valence-electron chi connectivity index (χ3n) is 0.967. The summed E-state index contributed by atoms with van der Waals surface area (Å²) in [7, 11) is -4.11. The summed E-state index contributed by atoms with van der Waals surface area (Å²) in [6, 6.07) is 0. The first kappa shape index (κ1) is 10.6. The van der Waals surface area contributed by atoms with Crippen molar-refractivity contribution in [2.75, 3.05) is 12.7 Å². The molecule has 0 aromatic rings. The number of carbonyl (C=O) groups is 1. The summed E-state index contributed by atoms with van der Waals surface area (Å²) in [4.78, 5) is 26.9. The molecule has 0 spiro atoms. The maximum absolute atomic E-state index is 10.3. The molecule has 0 aliphatic rings. The second-order valence-electron chi connectivity index (χ2n) is 2.03. The Bertz CT molecular complexity index is 187. The summed E-state index contributed by atoms with van der Waals surface area (Å²) >= 11 is 0. The molecule has 6 nitrogen and oxygen atoms in total. The largest absolute Gasteiger partial charge is 0.327 e. The Kier molecular flexibility index (Phi) is 3.68. The van der Waals surface area contributed by atoms with Gasteiger partial charge in [-0.05, 0) is 0 Å². The van der Waals surface area contributed by atoms with Gasteiger partial charge in [0.15, 0.2) is 0 Å². The first-order valence-corrected chi connectivity index (χ1v) is 4.64. The van der Waals surface area contributed by atoms with E-state index in [9.17, 15) is 9.36 Å². The standard InChI is InChI=1S/C4H10NO5P/c1-4(6)5(7)2-3-11(8,9)10/h7H,2-3H2,1H3,(H2,8,9,10).